The van der Waals surface area contributed by atoms with Gasteiger partial charge >= 0.3 is 0 Å². The minimum Gasteiger partial charge on any atom is -0.311 e. The van der Waals surface area contributed by atoms with Crippen LogP contribution in [0.5, 0.6) is 0 Å². The van der Waals surface area contributed by atoms with Gasteiger partial charge in [-0.05, 0) is 134 Å². The standard InChI is InChI=1S/C42H44N2/c1-29-11-7-15-35(23-29)43(36-16-8-12-30(2)24-36)39-19-21-41(33(5)27-39)42-22-20-40(28-34(42)6)44(37-17-9-13-31(3)25-37)38-18-10-14-32(4)26-38/h7-13,15-28,32,34,42H,14H2,1-6H3. The quantitative estimate of drug-likeness (QED) is 0.216. The summed E-state index contributed by atoms with van der Waals surface area (Å²) in [5.41, 5.74) is 13.7. The second-order valence-electron chi connectivity index (χ2n) is 12.8. The molecule has 2 aliphatic rings. The van der Waals surface area contributed by atoms with Crippen molar-refractivity contribution in [3.8, 4) is 0 Å². The van der Waals surface area contributed by atoms with Crippen LogP contribution in [-0.2, 0) is 0 Å². The van der Waals surface area contributed by atoms with Gasteiger partial charge in [-0.15, -0.1) is 0 Å². The molecule has 0 aromatic heterocycles. The molecule has 0 heterocycles. The van der Waals surface area contributed by atoms with E-state index in [1.165, 1.54) is 62.0 Å². The number of aryl methyl sites for hydroxylation is 4. The second-order valence-corrected chi connectivity index (χ2v) is 12.8. The number of rotatable bonds is 7. The van der Waals surface area contributed by atoms with Crippen molar-refractivity contribution in [3.05, 3.63) is 167 Å². The van der Waals surface area contributed by atoms with E-state index in [0.29, 0.717) is 17.8 Å². The molecule has 0 bridgehead atoms. The van der Waals surface area contributed by atoms with Crippen molar-refractivity contribution in [2.24, 2.45) is 11.8 Å². The molecule has 0 spiro atoms. The third-order valence-corrected chi connectivity index (χ3v) is 8.89. The molecule has 0 fully saturated rings. The van der Waals surface area contributed by atoms with Crippen molar-refractivity contribution in [2.75, 3.05) is 9.80 Å². The lowest BCUT2D eigenvalue weighted by atomic mass is 9.81. The van der Waals surface area contributed by atoms with Gasteiger partial charge in [-0.1, -0.05) is 80.6 Å². The van der Waals surface area contributed by atoms with Crippen molar-refractivity contribution in [1.82, 2.24) is 0 Å². The first-order valence-corrected chi connectivity index (χ1v) is 16.0. The first-order valence-electron chi connectivity index (χ1n) is 16.0. The molecule has 0 aliphatic heterocycles. The highest BCUT2D eigenvalue weighted by molar-refractivity contribution is 5.77. The Hall–Kier alpha value is -4.56. The summed E-state index contributed by atoms with van der Waals surface area (Å²) < 4.78 is 0. The van der Waals surface area contributed by atoms with Gasteiger partial charge in [0.25, 0.3) is 0 Å². The zero-order valence-electron chi connectivity index (χ0n) is 27.0. The Morgan fingerprint density at radius 3 is 1.64 bits per heavy atom. The maximum absolute atomic E-state index is 2.46. The van der Waals surface area contributed by atoms with Gasteiger partial charge in [-0.2, -0.15) is 0 Å². The Labute approximate surface area is 264 Å². The lowest BCUT2D eigenvalue weighted by Crippen LogP contribution is -2.25. The molecule has 44 heavy (non-hydrogen) atoms. The lowest BCUT2D eigenvalue weighted by molar-refractivity contribution is 0.624. The summed E-state index contributed by atoms with van der Waals surface area (Å²) in [7, 11) is 0. The van der Waals surface area contributed by atoms with Crippen molar-refractivity contribution in [1.29, 1.82) is 0 Å². The molecule has 2 heteroatoms. The fourth-order valence-corrected chi connectivity index (χ4v) is 6.68. The molecule has 0 amide bonds. The first-order chi connectivity index (χ1) is 21.3. The third-order valence-electron chi connectivity index (χ3n) is 8.89. The number of benzene rings is 4. The highest BCUT2D eigenvalue weighted by atomic mass is 15.2. The minimum atomic E-state index is 0.313. The van der Waals surface area contributed by atoms with Gasteiger partial charge in [0.2, 0.25) is 0 Å². The SMILES string of the molecule is Cc1cccc(N(C2=CC(C)CC=C2)C2=CC(C)C(c3ccc(N(c4cccc(C)c4)c4cccc(C)c4)cc3C)C=C2)c1. The summed E-state index contributed by atoms with van der Waals surface area (Å²) in [5.74, 6) is 1.19. The summed E-state index contributed by atoms with van der Waals surface area (Å²) in [6.07, 6.45) is 15.3. The van der Waals surface area contributed by atoms with E-state index in [0.717, 1.165) is 6.42 Å². The van der Waals surface area contributed by atoms with Crippen LogP contribution in [0.4, 0.5) is 22.7 Å². The molecule has 2 nitrogen and oxygen atoms in total. The van der Waals surface area contributed by atoms with Crippen LogP contribution in [0.1, 0.15) is 54.0 Å². The Morgan fingerprint density at radius 2 is 1.11 bits per heavy atom. The van der Waals surface area contributed by atoms with Crippen LogP contribution in [0.3, 0.4) is 0 Å². The molecule has 222 valence electrons. The largest absolute Gasteiger partial charge is 0.311 e. The summed E-state index contributed by atoms with van der Waals surface area (Å²) in [6, 6.07) is 33.4. The number of hydrogen-bond acceptors (Lipinski definition) is 2. The number of allylic oxidation sites excluding steroid dienone is 6. The Bertz CT molecular complexity index is 1740. The van der Waals surface area contributed by atoms with E-state index in [9.17, 15) is 0 Å². The van der Waals surface area contributed by atoms with Gasteiger partial charge in [0.05, 0.1) is 0 Å². The van der Waals surface area contributed by atoms with Crippen LogP contribution in [0.2, 0.25) is 0 Å². The molecule has 0 saturated heterocycles. The van der Waals surface area contributed by atoms with Crippen molar-refractivity contribution in [3.63, 3.8) is 0 Å². The molecule has 3 atom stereocenters. The predicted molar refractivity (Wildman–Crippen MR) is 189 cm³/mol. The van der Waals surface area contributed by atoms with E-state index in [2.05, 4.69) is 179 Å². The van der Waals surface area contributed by atoms with Gasteiger partial charge < -0.3 is 9.80 Å². The molecule has 0 N–H and O–H groups in total. The molecule has 6 rings (SSSR count). The zero-order valence-corrected chi connectivity index (χ0v) is 27.0. The van der Waals surface area contributed by atoms with Crippen LogP contribution >= 0.6 is 0 Å². The van der Waals surface area contributed by atoms with Crippen LogP contribution in [0.25, 0.3) is 0 Å². The van der Waals surface area contributed by atoms with Gasteiger partial charge in [0.15, 0.2) is 0 Å². The molecule has 0 saturated carbocycles. The van der Waals surface area contributed by atoms with Crippen molar-refractivity contribution < 1.29 is 0 Å². The molecule has 3 unspecified atom stereocenters. The lowest BCUT2D eigenvalue weighted by Gasteiger charge is -2.34. The van der Waals surface area contributed by atoms with E-state index in [1.54, 1.807) is 0 Å². The van der Waals surface area contributed by atoms with Gasteiger partial charge in [-0.25, -0.2) is 0 Å². The highest BCUT2D eigenvalue weighted by Crippen LogP contribution is 2.41. The number of nitrogens with zero attached hydrogens (tertiary/aromatic N) is 2. The van der Waals surface area contributed by atoms with Crippen LogP contribution in [0, 0.1) is 39.5 Å². The summed E-state index contributed by atoms with van der Waals surface area (Å²) >= 11 is 0. The van der Waals surface area contributed by atoms with Gasteiger partial charge in [-0.3, -0.25) is 0 Å². The van der Waals surface area contributed by atoms with Crippen molar-refractivity contribution >= 4 is 22.7 Å². The Morgan fingerprint density at radius 1 is 0.568 bits per heavy atom. The normalized spacial score (nSPS) is 19.4. The van der Waals surface area contributed by atoms with E-state index >= 15 is 0 Å². The molecular weight excluding hydrogens is 532 g/mol. The molecule has 4 aromatic rings. The van der Waals surface area contributed by atoms with Crippen LogP contribution < -0.4 is 9.80 Å². The minimum absolute atomic E-state index is 0.313. The first kappa shape index (κ1) is 29.5. The zero-order chi connectivity index (χ0) is 30.8. The summed E-state index contributed by atoms with van der Waals surface area (Å²) in [4.78, 5) is 4.81. The second kappa shape index (κ2) is 12.6. The molecule has 0 radical (unpaired) electrons. The van der Waals surface area contributed by atoms with Gasteiger partial charge in [0, 0.05) is 40.1 Å². The predicted octanol–water partition coefficient (Wildman–Crippen LogP) is 11.5. The smallest absolute Gasteiger partial charge is 0.0464 e. The van der Waals surface area contributed by atoms with Crippen molar-refractivity contribution in [2.45, 2.75) is 53.9 Å². The molecule has 4 aromatic carbocycles. The summed E-state index contributed by atoms with van der Waals surface area (Å²) in [5, 5.41) is 0. The van der Waals surface area contributed by atoms with E-state index in [4.69, 9.17) is 0 Å². The average molecular weight is 577 g/mol. The van der Waals surface area contributed by atoms with Gasteiger partial charge in [0.1, 0.15) is 0 Å². The fraction of sp³-hybridized carbons (Fsp3) is 0.238. The average Bonchev–Trinajstić information content (AvgIpc) is 2.98. The third kappa shape index (κ3) is 6.21. The maximum Gasteiger partial charge on any atom is 0.0464 e. The topological polar surface area (TPSA) is 6.48 Å². The fourth-order valence-electron chi connectivity index (χ4n) is 6.68. The van der Waals surface area contributed by atoms with E-state index < -0.39 is 0 Å². The van der Waals surface area contributed by atoms with E-state index in [-0.39, 0.29) is 0 Å². The molecular formula is C42H44N2. The highest BCUT2D eigenvalue weighted by Gasteiger charge is 2.25. The Kier molecular flexibility index (Phi) is 8.44. The van der Waals surface area contributed by atoms with Crippen LogP contribution in [0.15, 0.2) is 139 Å². The van der Waals surface area contributed by atoms with E-state index in [1.807, 2.05) is 0 Å². The number of hydrogen-bond donors (Lipinski definition) is 0. The summed E-state index contributed by atoms with van der Waals surface area (Å²) in [6.45, 7) is 13.4. The monoisotopic (exact) mass is 576 g/mol. The van der Waals surface area contributed by atoms with Crippen LogP contribution in [-0.4, -0.2) is 0 Å². The Balaban J connectivity index is 1.33. The maximum atomic E-state index is 2.46. The molecule has 2 aliphatic carbocycles. The number of anilines is 4.